The fourth-order valence-electron chi connectivity index (χ4n) is 13.7. The number of para-hydroxylation sites is 3. The molecule has 0 amide bonds. The van der Waals surface area contributed by atoms with E-state index in [1.807, 2.05) is 0 Å². The van der Waals surface area contributed by atoms with Crippen molar-refractivity contribution in [3.8, 4) is 39.1 Å². The van der Waals surface area contributed by atoms with Gasteiger partial charge in [-0.3, -0.25) is 0 Å². The predicted octanol–water partition coefficient (Wildman–Crippen LogP) is 16.4. The lowest BCUT2D eigenvalue weighted by atomic mass is 9.65. The van der Waals surface area contributed by atoms with Gasteiger partial charge in [-0.25, -0.2) is 0 Å². The van der Waals surface area contributed by atoms with Gasteiger partial charge in [-0.05, 0) is 126 Å². The van der Waals surface area contributed by atoms with E-state index >= 15 is 0 Å². The van der Waals surface area contributed by atoms with Crippen molar-refractivity contribution in [2.24, 2.45) is 0 Å². The van der Waals surface area contributed by atoms with Gasteiger partial charge in [0, 0.05) is 27.7 Å². The molecule has 2 nitrogen and oxygen atoms in total. The van der Waals surface area contributed by atoms with E-state index in [4.69, 9.17) is 0 Å². The van der Waals surface area contributed by atoms with E-state index in [9.17, 15) is 0 Å². The summed E-state index contributed by atoms with van der Waals surface area (Å²) in [6.07, 6.45) is 0. The highest BCUT2D eigenvalue weighted by atomic mass is 15.1. The molecular weight excluding hydrogens is 821 g/mol. The third-order valence-corrected chi connectivity index (χ3v) is 16.2. The molecule has 0 radical (unpaired) electrons. The summed E-state index contributed by atoms with van der Waals surface area (Å²) in [5.41, 5.74) is 24.5. The topological polar surface area (TPSA) is 8.17 Å². The molecule has 12 aromatic rings. The van der Waals surface area contributed by atoms with Crippen molar-refractivity contribution < 1.29 is 0 Å². The second-order valence-electron chi connectivity index (χ2n) is 19.1. The minimum Gasteiger partial charge on any atom is -0.310 e. The lowest BCUT2D eigenvalue weighted by Gasteiger charge is -2.39. The number of aromatic nitrogens is 1. The SMILES string of the molecule is c1ccc2c(c1)-c1ccccc1C21c2ccccc2-c2ccc(N(c3ccc4ccccc4c3)c3cccc4c3-c3ccccc3C43c4ccccc4-n4c5ccccc5c5cccc3c54)cc21. The van der Waals surface area contributed by atoms with Gasteiger partial charge in [0.1, 0.15) is 0 Å². The zero-order valence-corrected chi connectivity index (χ0v) is 37.0. The lowest BCUT2D eigenvalue weighted by molar-refractivity contribution is 0.748. The summed E-state index contributed by atoms with van der Waals surface area (Å²) >= 11 is 0. The highest BCUT2D eigenvalue weighted by Gasteiger charge is 2.53. The van der Waals surface area contributed by atoms with Gasteiger partial charge in [0.25, 0.3) is 0 Å². The number of benzene rings is 11. The summed E-state index contributed by atoms with van der Waals surface area (Å²) in [6.45, 7) is 0. The molecule has 16 rings (SSSR count). The van der Waals surface area contributed by atoms with Gasteiger partial charge in [-0.1, -0.05) is 200 Å². The van der Waals surface area contributed by atoms with Crippen LogP contribution in [0.4, 0.5) is 17.1 Å². The van der Waals surface area contributed by atoms with Gasteiger partial charge in [0.05, 0.1) is 33.2 Å². The molecule has 0 fully saturated rings. The maximum Gasteiger partial charge on any atom is 0.0755 e. The van der Waals surface area contributed by atoms with Crippen LogP contribution in [0, 0.1) is 0 Å². The number of nitrogens with zero attached hydrogens (tertiary/aromatic N) is 2. The molecule has 11 aromatic carbocycles. The molecule has 0 saturated carbocycles. The highest BCUT2D eigenvalue weighted by molar-refractivity contribution is 6.13. The Labute approximate surface area is 394 Å². The Balaban J connectivity index is 1.01. The van der Waals surface area contributed by atoms with Gasteiger partial charge in [0.15, 0.2) is 0 Å². The van der Waals surface area contributed by atoms with Gasteiger partial charge in [-0.15, -0.1) is 0 Å². The molecule has 2 spiro atoms. The minimum atomic E-state index is -0.571. The van der Waals surface area contributed by atoms with Crippen LogP contribution in [0.1, 0.15) is 44.5 Å². The first-order valence-electron chi connectivity index (χ1n) is 23.8. The van der Waals surface area contributed by atoms with E-state index in [2.05, 4.69) is 252 Å². The molecule has 0 saturated heterocycles. The second-order valence-corrected chi connectivity index (χ2v) is 19.1. The first-order valence-corrected chi connectivity index (χ1v) is 23.8. The van der Waals surface area contributed by atoms with E-state index < -0.39 is 10.8 Å². The van der Waals surface area contributed by atoms with Gasteiger partial charge < -0.3 is 9.47 Å². The largest absolute Gasteiger partial charge is 0.310 e. The van der Waals surface area contributed by atoms with Crippen molar-refractivity contribution in [2.75, 3.05) is 4.90 Å². The summed E-state index contributed by atoms with van der Waals surface area (Å²) in [5.74, 6) is 0. The minimum absolute atomic E-state index is 0.470. The summed E-state index contributed by atoms with van der Waals surface area (Å²) in [7, 11) is 0. The van der Waals surface area contributed by atoms with Crippen LogP contribution >= 0.6 is 0 Å². The molecule has 1 aromatic heterocycles. The number of fused-ring (bicyclic) bond motifs is 23. The maximum atomic E-state index is 2.57. The van der Waals surface area contributed by atoms with Gasteiger partial charge >= 0.3 is 0 Å². The third-order valence-electron chi connectivity index (χ3n) is 16.2. The standard InChI is InChI=1S/C66H40N2/c1-2-18-42-39-43(36-35-41(42)17-1)67(44-37-38-48-47-21-5-10-27-54(47)65(59(48)40-44)52-25-8-3-19-45(52)46-20-4-9-26-53(46)65)62-34-16-30-57-63(62)51-23-6-11-28-55(51)66(57)56-29-12-14-33-61(56)68-60-32-13-7-22-49(60)50-24-15-31-58(66)64(50)68/h1-40H. The van der Waals surface area contributed by atoms with E-state index in [1.165, 1.54) is 116 Å². The molecule has 4 aliphatic rings. The Hall–Kier alpha value is -8.72. The molecule has 1 unspecified atom stereocenters. The molecular formula is C66H40N2. The molecule has 3 aliphatic carbocycles. The van der Waals surface area contributed by atoms with Crippen molar-refractivity contribution in [3.05, 3.63) is 287 Å². The number of hydrogen-bond donors (Lipinski definition) is 0. The smallest absolute Gasteiger partial charge is 0.0755 e. The van der Waals surface area contributed by atoms with Crippen molar-refractivity contribution >= 4 is 49.6 Å². The first kappa shape index (κ1) is 36.5. The van der Waals surface area contributed by atoms with Crippen LogP contribution < -0.4 is 4.90 Å². The van der Waals surface area contributed by atoms with Gasteiger partial charge in [-0.2, -0.15) is 0 Å². The summed E-state index contributed by atoms with van der Waals surface area (Å²) in [6, 6.07) is 91.9. The van der Waals surface area contributed by atoms with Crippen molar-refractivity contribution in [1.82, 2.24) is 4.57 Å². The van der Waals surface area contributed by atoms with Gasteiger partial charge in [0.2, 0.25) is 0 Å². The predicted molar refractivity (Wildman–Crippen MR) is 280 cm³/mol. The average molecular weight is 861 g/mol. The normalized spacial score (nSPS) is 15.8. The third kappa shape index (κ3) is 4.26. The summed E-state index contributed by atoms with van der Waals surface area (Å²) in [4.78, 5) is 2.57. The van der Waals surface area contributed by atoms with Crippen molar-refractivity contribution in [2.45, 2.75) is 10.8 Å². The molecule has 314 valence electrons. The second kappa shape index (κ2) is 13.0. The van der Waals surface area contributed by atoms with Crippen LogP contribution in [0.5, 0.6) is 0 Å². The average Bonchev–Trinajstić information content (AvgIpc) is 4.10. The number of hydrogen-bond acceptors (Lipinski definition) is 1. The molecule has 2 heterocycles. The highest BCUT2D eigenvalue weighted by Crippen LogP contribution is 2.66. The van der Waals surface area contributed by atoms with E-state index in [-0.39, 0.29) is 0 Å². The fraction of sp³-hybridized carbons (Fsp3) is 0.0303. The van der Waals surface area contributed by atoms with Crippen LogP contribution in [0.3, 0.4) is 0 Å². The van der Waals surface area contributed by atoms with E-state index in [0.717, 1.165) is 17.1 Å². The quantitative estimate of drug-likeness (QED) is 0.172. The van der Waals surface area contributed by atoms with E-state index in [1.54, 1.807) is 0 Å². The van der Waals surface area contributed by atoms with Crippen LogP contribution in [0.15, 0.2) is 243 Å². The van der Waals surface area contributed by atoms with Crippen LogP contribution in [-0.2, 0) is 10.8 Å². The molecule has 1 aliphatic heterocycles. The zero-order chi connectivity index (χ0) is 44.3. The Kier molecular flexibility index (Phi) is 6.98. The maximum absolute atomic E-state index is 2.57. The van der Waals surface area contributed by atoms with Crippen molar-refractivity contribution in [3.63, 3.8) is 0 Å². The zero-order valence-electron chi connectivity index (χ0n) is 37.0. The fourth-order valence-corrected chi connectivity index (χ4v) is 13.7. The number of rotatable bonds is 3. The molecule has 68 heavy (non-hydrogen) atoms. The molecule has 0 bridgehead atoms. The van der Waals surface area contributed by atoms with Crippen LogP contribution in [-0.4, -0.2) is 4.57 Å². The molecule has 2 heteroatoms. The first-order chi connectivity index (χ1) is 33.8. The Morgan fingerprint density at radius 3 is 1.56 bits per heavy atom. The Bertz CT molecular complexity index is 4120. The summed E-state index contributed by atoms with van der Waals surface area (Å²) < 4.78 is 2.53. The van der Waals surface area contributed by atoms with Crippen LogP contribution in [0.25, 0.3) is 71.6 Å². The summed E-state index contributed by atoms with van der Waals surface area (Å²) in [5, 5.41) is 5.01. The van der Waals surface area contributed by atoms with Crippen molar-refractivity contribution in [1.29, 1.82) is 0 Å². The monoisotopic (exact) mass is 860 g/mol. The van der Waals surface area contributed by atoms with E-state index in [0.29, 0.717) is 0 Å². The molecule has 1 atom stereocenters. The Morgan fingerprint density at radius 1 is 0.309 bits per heavy atom. The lowest BCUT2D eigenvalue weighted by Crippen LogP contribution is -2.33. The van der Waals surface area contributed by atoms with Crippen LogP contribution in [0.2, 0.25) is 0 Å². The Morgan fingerprint density at radius 2 is 0.809 bits per heavy atom. The molecule has 0 N–H and O–H groups in total. The number of anilines is 3.